The Hall–Kier alpha value is -6.04. The van der Waals surface area contributed by atoms with E-state index in [9.17, 15) is 32.8 Å². The number of nitrogens with two attached hydrogens (primary N) is 2. The molecule has 2 saturated heterocycles. The van der Waals surface area contributed by atoms with Gasteiger partial charge >= 0.3 is 0 Å². The van der Waals surface area contributed by atoms with Crippen LogP contribution in [0.15, 0.2) is 72.9 Å². The lowest BCUT2D eigenvalue weighted by Crippen LogP contribution is -2.48. The number of Topliss-reactive ketones (excluding diaryl/α,β-unsaturated/α-hetero) is 1. The lowest BCUT2D eigenvalue weighted by molar-refractivity contribution is -0.144. The maximum atomic E-state index is 13.7. The van der Waals surface area contributed by atoms with Crippen molar-refractivity contribution in [2.75, 3.05) is 34.3 Å². The highest BCUT2D eigenvalue weighted by atomic mass is 19.3. The third-order valence-electron chi connectivity index (χ3n) is 9.57. The molecule has 2 unspecified atom stereocenters. The molecule has 3 aromatic carbocycles. The molecule has 3 heterocycles. The Morgan fingerprint density at radius 1 is 1.05 bits per heavy atom. The average molecular weight is 865 g/mol. The summed E-state index contributed by atoms with van der Waals surface area (Å²) in [6, 6.07) is 19.9. The van der Waals surface area contributed by atoms with E-state index >= 15 is 0 Å². The standard InChI is InChI=1S/C18H23F2N3O4.C18H22N4.C5H7NO2.C2H4O.C2H6/c1-11-4-5-12(6-14(11)27-3)8-22-17(26)16(25)13-7-18(19,20)10-23(13)15(24)9-21-2;1-21-10-15-8-5-9-16(17(15)12-21)11-22(20)13-18(19)14-6-3-2-4-7-14;7-3-4-1-2-5(8)6-4;1-2-3;1-2/h4-6,13,21H,7-10H2,1-3H3,(H,22,26);2-9,13H,10-12,19-20H2,1H3;3-4H,1-2H2,(H,6,8);2H,1H3;1-2H3/b;18-13-;;;. The fourth-order valence-electron chi connectivity index (χ4n) is 6.63. The van der Waals surface area contributed by atoms with Gasteiger partial charge in [0, 0.05) is 38.7 Å². The molecule has 0 radical (unpaired) electrons. The van der Waals surface area contributed by atoms with Crippen LogP contribution in [0.4, 0.5) is 8.78 Å². The molecule has 0 saturated carbocycles. The lowest BCUT2D eigenvalue weighted by atomic mass is 10.0. The van der Waals surface area contributed by atoms with Crippen LogP contribution in [0.5, 0.6) is 5.75 Å². The number of rotatable bonds is 12. The molecule has 0 bridgehead atoms. The summed E-state index contributed by atoms with van der Waals surface area (Å²) in [5.41, 5.74) is 13.4. The number of nitrogens with one attached hydrogen (secondary N) is 3. The number of amides is 3. The monoisotopic (exact) mass is 864 g/mol. The number of alkyl halides is 2. The number of hydrogen-bond donors (Lipinski definition) is 5. The van der Waals surface area contributed by atoms with E-state index in [1.807, 2.05) is 51.1 Å². The number of fused-ring (bicyclic) bond motifs is 1. The summed E-state index contributed by atoms with van der Waals surface area (Å²) in [6.07, 6.45) is 3.64. The van der Waals surface area contributed by atoms with Crippen LogP contribution in [0, 0.1) is 6.92 Å². The van der Waals surface area contributed by atoms with Gasteiger partial charge in [0.1, 0.15) is 24.4 Å². The largest absolute Gasteiger partial charge is 0.496 e. The van der Waals surface area contributed by atoms with Gasteiger partial charge in [-0.15, -0.1) is 0 Å². The number of carbonyl (C=O) groups is 6. The second-order valence-electron chi connectivity index (χ2n) is 14.4. The second kappa shape index (κ2) is 26.3. The number of likely N-dealkylation sites (tertiary alicyclic amines) is 1. The molecule has 0 aromatic heterocycles. The molecule has 2 fully saturated rings. The Bertz CT molecular complexity index is 1980. The van der Waals surface area contributed by atoms with E-state index < -0.39 is 42.5 Å². The number of nitrogens with zero attached hydrogens (tertiary/aromatic N) is 3. The van der Waals surface area contributed by atoms with Gasteiger partial charge in [-0.25, -0.2) is 14.6 Å². The van der Waals surface area contributed by atoms with E-state index in [4.69, 9.17) is 21.1 Å². The molecular formula is C45H62F2N8O7. The lowest BCUT2D eigenvalue weighted by Gasteiger charge is -2.22. The van der Waals surface area contributed by atoms with Crippen molar-refractivity contribution in [1.82, 2.24) is 30.8 Å². The Morgan fingerprint density at radius 3 is 2.31 bits per heavy atom. The van der Waals surface area contributed by atoms with E-state index in [1.165, 1.54) is 37.8 Å². The first kappa shape index (κ1) is 52.1. The highest BCUT2D eigenvalue weighted by Crippen LogP contribution is 2.32. The van der Waals surface area contributed by atoms with Crippen molar-refractivity contribution in [2.24, 2.45) is 11.6 Å². The van der Waals surface area contributed by atoms with E-state index in [2.05, 4.69) is 46.1 Å². The molecule has 62 heavy (non-hydrogen) atoms. The number of ether oxygens (including phenoxy) is 1. The molecule has 6 rings (SSSR count). The van der Waals surface area contributed by atoms with Crippen LogP contribution in [0.25, 0.3) is 5.70 Å². The zero-order valence-electron chi connectivity index (χ0n) is 36.7. The van der Waals surface area contributed by atoms with Gasteiger partial charge in [0.25, 0.3) is 11.8 Å². The van der Waals surface area contributed by atoms with Crippen LogP contribution in [0.2, 0.25) is 0 Å². The number of hydrogen-bond acceptors (Lipinski definition) is 12. The van der Waals surface area contributed by atoms with Crippen LogP contribution in [-0.4, -0.2) is 103 Å². The highest BCUT2D eigenvalue weighted by Gasteiger charge is 2.51. The number of aryl methyl sites for hydroxylation is 1. The quantitative estimate of drug-likeness (QED) is 0.0766. The van der Waals surface area contributed by atoms with Crippen molar-refractivity contribution < 1.29 is 42.3 Å². The summed E-state index contributed by atoms with van der Waals surface area (Å²) < 4.78 is 32.7. The fraction of sp³-hybridized carbons (Fsp3) is 0.422. The Labute approximate surface area is 363 Å². The Morgan fingerprint density at radius 2 is 1.73 bits per heavy atom. The van der Waals surface area contributed by atoms with E-state index in [0.717, 1.165) is 41.7 Å². The summed E-state index contributed by atoms with van der Waals surface area (Å²) in [7, 11) is 5.15. The minimum Gasteiger partial charge on any atom is -0.496 e. The number of methoxy groups -OCH3 is 1. The van der Waals surface area contributed by atoms with Crippen LogP contribution >= 0.6 is 0 Å². The molecule has 3 amide bonds. The molecule has 3 aliphatic heterocycles. The maximum Gasteiger partial charge on any atom is 0.289 e. The van der Waals surface area contributed by atoms with Crippen molar-refractivity contribution in [3.05, 3.63) is 106 Å². The van der Waals surface area contributed by atoms with Gasteiger partial charge in [0.2, 0.25) is 17.6 Å². The number of benzene rings is 3. The molecule has 15 nitrogen and oxygen atoms in total. The first-order valence-corrected chi connectivity index (χ1v) is 20.3. The number of carbonyl (C=O) groups excluding carboxylic acids is 6. The first-order valence-electron chi connectivity index (χ1n) is 20.3. The maximum absolute atomic E-state index is 13.7. The molecule has 2 atom stereocenters. The summed E-state index contributed by atoms with van der Waals surface area (Å²) in [6.45, 7) is 8.94. The normalized spacial score (nSPS) is 17.1. The summed E-state index contributed by atoms with van der Waals surface area (Å²) in [5, 5.41) is 9.14. The van der Waals surface area contributed by atoms with Gasteiger partial charge in [-0.2, -0.15) is 0 Å². The number of aldehydes is 2. The predicted molar refractivity (Wildman–Crippen MR) is 234 cm³/mol. The fourth-order valence-corrected chi connectivity index (χ4v) is 6.63. The number of hydrazine groups is 1. The van der Waals surface area contributed by atoms with Crippen LogP contribution in [0.1, 0.15) is 73.4 Å². The molecule has 17 heteroatoms. The third kappa shape index (κ3) is 16.4. The van der Waals surface area contributed by atoms with Crippen molar-refractivity contribution in [3.8, 4) is 5.75 Å². The average Bonchev–Trinajstić information content (AvgIpc) is 3.97. The third-order valence-corrected chi connectivity index (χ3v) is 9.57. The van der Waals surface area contributed by atoms with E-state index in [-0.39, 0.29) is 25.0 Å². The molecule has 0 aliphatic carbocycles. The SMILES string of the molecule is CC.CC=O.CN1Cc2cccc(CN(N)/C=C(\N)c3ccccc3)c2C1.CNCC(=O)N1CC(F)(F)CC1C(=O)C(=O)NCc1ccc(C)c(OC)c1.O=CC1CCC(=O)N1. The number of ketones is 1. The van der Waals surface area contributed by atoms with Crippen molar-refractivity contribution in [2.45, 2.75) is 91.1 Å². The Balaban J connectivity index is 0.000000336. The summed E-state index contributed by atoms with van der Waals surface area (Å²) in [5.74, 6) is 0.861. The zero-order valence-corrected chi connectivity index (χ0v) is 36.7. The van der Waals surface area contributed by atoms with Crippen LogP contribution < -0.4 is 32.3 Å². The van der Waals surface area contributed by atoms with Crippen molar-refractivity contribution >= 4 is 41.8 Å². The van der Waals surface area contributed by atoms with Crippen LogP contribution in [-0.2, 0) is 54.9 Å². The van der Waals surface area contributed by atoms with Gasteiger partial charge in [-0.1, -0.05) is 74.5 Å². The van der Waals surface area contributed by atoms with Gasteiger partial charge in [-0.05, 0) is 73.8 Å². The predicted octanol–water partition coefficient (Wildman–Crippen LogP) is 3.60. The minimum absolute atomic E-state index is 0.0119. The van der Waals surface area contributed by atoms with E-state index in [0.29, 0.717) is 36.4 Å². The summed E-state index contributed by atoms with van der Waals surface area (Å²) >= 11 is 0. The van der Waals surface area contributed by atoms with Crippen molar-refractivity contribution in [3.63, 3.8) is 0 Å². The van der Waals surface area contributed by atoms with Gasteiger partial charge < -0.3 is 45.9 Å². The molecular weight excluding hydrogens is 803 g/mol. The topological polar surface area (TPSA) is 209 Å². The molecule has 3 aliphatic rings. The molecule has 3 aromatic rings. The number of halogens is 2. The van der Waals surface area contributed by atoms with Gasteiger partial charge in [0.15, 0.2) is 0 Å². The minimum atomic E-state index is -3.20. The van der Waals surface area contributed by atoms with Gasteiger partial charge in [0.05, 0.1) is 38.5 Å². The van der Waals surface area contributed by atoms with E-state index in [1.54, 1.807) is 29.4 Å². The first-order chi connectivity index (χ1) is 29.6. The van der Waals surface area contributed by atoms with Crippen LogP contribution in [0.3, 0.4) is 0 Å². The Kier molecular flexibility index (Phi) is 22.1. The number of likely N-dealkylation sites (N-methyl/N-ethyl adjacent to an activating group) is 1. The van der Waals surface area contributed by atoms with Crippen molar-refractivity contribution in [1.29, 1.82) is 0 Å². The highest BCUT2D eigenvalue weighted by molar-refractivity contribution is 6.38. The summed E-state index contributed by atoms with van der Waals surface area (Å²) in [4.78, 5) is 68.7. The second-order valence-corrected chi connectivity index (χ2v) is 14.4. The molecule has 338 valence electrons. The zero-order chi connectivity index (χ0) is 46.4. The molecule has 0 spiro atoms. The molecule has 7 N–H and O–H groups in total. The smallest absolute Gasteiger partial charge is 0.289 e. The van der Waals surface area contributed by atoms with Gasteiger partial charge in [-0.3, -0.25) is 24.1 Å².